The smallest absolute Gasteiger partial charge is 0.435 e. The molecule has 0 bridgehead atoms. The highest BCUT2D eigenvalue weighted by molar-refractivity contribution is 7.93. The molecule has 3 aromatic heterocycles. The van der Waals surface area contributed by atoms with Crippen LogP contribution < -0.4 is 15.4 Å². The lowest BCUT2D eigenvalue weighted by atomic mass is 9.93. The van der Waals surface area contributed by atoms with Gasteiger partial charge < -0.3 is 26.0 Å². The van der Waals surface area contributed by atoms with Gasteiger partial charge in [-0.15, -0.1) is 0 Å². The summed E-state index contributed by atoms with van der Waals surface area (Å²) in [7, 11) is -9.12. The van der Waals surface area contributed by atoms with E-state index in [0.29, 0.717) is 12.3 Å². The number of fused-ring (bicyclic) bond motifs is 2. The van der Waals surface area contributed by atoms with Crippen molar-refractivity contribution in [1.82, 2.24) is 29.9 Å². The number of aromatic nitrogens is 5. The topological polar surface area (TPSA) is 276 Å². The first-order chi connectivity index (χ1) is 34.8. The molecule has 76 heavy (non-hydrogen) atoms. The molecule has 0 aliphatic heterocycles. The number of nitrogens with one attached hydrogen (secondary N) is 1. The Morgan fingerprint density at radius 3 is 2.07 bits per heavy atom. The number of hydrogen-bond donors (Lipinski definition) is 4. The normalized spacial score (nSPS) is 15.2. The molecule has 410 valence electrons. The number of aliphatic carboxylic acids is 2. The van der Waals surface area contributed by atoms with Gasteiger partial charge in [-0.3, -0.25) is 23.7 Å². The van der Waals surface area contributed by atoms with Crippen LogP contribution in [0.4, 0.5) is 54.5 Å². The summed E-state index contributed by atoms with van der Waals surface area (Å²) in [6.07, 6.45) is -18.2. The Balaban J connectivity index is 1.66. The number of nitrogens with zero attached hydrogens (tertiary/aromatic N) is 6. The van der Waals surface area contributed by atoms with E-state index in [-0.39, 0.29) is 19.2 Å². The molecule has 2 atom stereocenters. The largest absolute Gasteiger partial charge is 0.481 e. The zero-order valence-corrected chi connectivity index (χ0v) is 41.7. The van der Waals surface area contributed by atoms with Crippen molar-refractivity contribution in [2.24, 2.45) is 5.73 Å². The number of rotatable bonds is 16. The van der Waals surface area contributed by atoms with Crippen molar-refractivity contribution >= 4 is 72.1 Å². The van der Waals surface area contributed by atoms with E-state index in [0.717, 1.165) is 42.7 Å². The van der Waals surface area contributed by atoms with E-state index in [4.69, 9.17) is 22.1 Å². The number of alkyl halides is 8. The minimum Gasteiger partial charge on any atom is -0.481 e. The van der Waals surface area contributed by atoms with Gasteiger partial charge in [0.05, 0.1) is 46.8 Å². The summed E-state index contributed by atoms with van der Waals surface area (Å²) in [5, 5.41) is 26.5. The van der Waals surface area contributed by atoms with Crippen LogP contribution in [0.3, 0.4) is 0 Å². The third-order valence-corrected chi connectivity index (χ3v) is 14.6. The van der Waals surface area contributed by atoms with Gasteiger partial charge in [-0.1, -0.05) is 23.6 Å². The number of benzene rings is 2. The summed E-state index contributed by atoms with van der Waals surface area (Å²) < 4.78 is 201. The minimum absolute atomic E-state index is 0.0345. The van der Waals surface area contributed by atoms with Crippen molar-refractivity contribution in [3.8, 4) is 23.0 Å². The molecule has 0 radical (unpaired) electrons. The van der Waals surface area contributed by atoms with Crippen molar-refractivity contribution in [2.45, 2.75) is 93.8 Å². The molecule has 0 fully saturated rings. The van der Waals surface area contributed by atoms with Crippen LogP contribution in [0.2, 0.25) is 5.02 Å². The van der Waals surface area contributed by atoms with E-state index < -0.39 is 197 Å². The Kier molecular flexibility index (Phi) is 16.0. The number of hydrogen-bond acceptors (Lipinski definition) is 13. The van der Waals surface area contributed by atoms with Crippen molar-refractivity contribution < 1.29 is 94.9 Å². The van der Waals surface area contributed by atoms with E-state index >= 15 is 8.78 Å². The van der Waals surface area contributed by atoms with Crippen molar-refractivity contribution in [2.75, 3.05) is 16.8 Å². The number of carboxylic acid groups (broad SMARTS) is 2. The minimum atomic E-state index is -5.37. The number of carbonyl (C=O) groups is 4. The van der Waals surface area contributed by atoms with Crippen LogP contribution in [0.15, 0.2) is 42.5 Å². The van der Waals surface area contributed by atoms with Gasteiger partial charge in [-0.05, 0) is 62.1 Å². The maximum absolute atomic E-state index is 15.3. The highest BCUT2D eigenvalue weighted by Crippen LogP contribution is 2.50. The Bertz CT molecular complexity index is 3450. The molecule has 0 spiro atoms. The van der Waals surface area contributed by atoms with Gasteiger partial charge in [-0.25, -0.2) is 35.4 Å². The zero-order valence-electron chi connectivity index (χ0n) is 39.3. The fourth-order valence-electron chi connectivity index (χ4n) is 7.93. The summed E-state index contributed by atoms with van der Waals surface area (Å²) in [6, 6.07) is 2.08. The predicted octanol–water partition coefficient (Wildman–Crippen LogP) is 6.80. The Morgan fingerprint density at radius 1 is 0.934 bits per heavy atom. The lowest BCUT2D eigenvalue weighted by molar-refractivity contribution is -0.143. The molecule has 6 rings (SSSR count). The van der Waals surface area contributed by atoms with Crippen LogP contribution in [-0.4, -0.2) is 105 Å². The number of anilines is 1. The molecule has 32 heteroatoms. The SMILES string of the molecule is CC(C)(C#Cc1ccc(-c2ccc(Cl)c3c(N(C(=O)OC(CC(=O)O)CC(=O)O)S(C)(=O)=O)nn(CC(F)(F)F)c23)c([C@H](Cc2cc(F)cc(F)c2)NC(=O)Cn2nc(C(F)(F)F)c3c2C(F)(F)C[C@@H]3N)n1)S(C)(=O)=O. The molecule has 5 N–H and O–H groups in total. The van der Waals surface area contributed by atoms with Gasteiger partial charge >= 0.3 is 30.4 Å². The van der Waals surface area contributed by atoms with Crippen molar-refractivity contribution in [3.05, 3.63) is 93.0 Å². The number of amides is 2. The number of carboxylic acids is 2. The molecule has 0 saturated carbocycles. The standard InChI is InChI=1S/C44H39ClF10N8O11S2/c1-41(2,75(3,70)71)10-9-23-5-6-25(26-7-8-27(45)33-36(26)62(19-43(50,51)52)60-39(33)63(76(4,72)73)40(69)74-24(15-31(65)66)16-32(67)68)35(57-23)29(13-20-11-21(46)14-22(47)12-20)58-30(64)18-61-38-34(28(56)17-42(38,48)49)37(59-61)44(53,54)55/h5-8,11-12,14,24,28-29H,13,15-19,56H2,1-4H3,(H,58,64)(H,65,66)(H,67,68)/t28-,29-/m0/s1. The summed E-state index contributed by atoms with van der Waals surface area (Å²) >= 11 is 6.56. The Hall–Kier alpha value is -7.04. The lowest BCUT2D eigenvalue weighted by Gasteiger charge is -2.23. The number of ether oxygens (including phenoxy) is 1. The van der Waals surface area contributed by atoms with E-state index in [1.807, 2.05) is 0 Å². The fraction of sp³-hybridized carbons (Fsp3) is 0.386. The molecule has 2 aromatic carbocycles. The summed E-state index contributed by atoms with van der Waals surface area (Å²) in [6.45, 7) is -1.20. The van der Waals surface area contributed by atoms with Gasteiger partial charge in [0, 0.05) is 41.5 Å². The Morgan fingerprint density at radius 2 is 1.53 bits per heavy atom. The average Bonchev–Trinajstić information content (AvgIpc) is 3.87. The number of pyridine rings is 1. The van der Waals surface area contributed by atoms with Crippen molar-refractivity contribution in [3.63, 3.8) is 0 Å². The highest BCUT2D eigenvalue weighted by atomic mass is 35.5. The molecule has 0 saturated heterocycles. The molecule has 1 aliphatic carbocycles. The monoisotopic (exact) mass is 1140 g/mol. The van der Waals surface area contributed by atoms with Crippen LogP contribution in [-0.2, 0) is 70.6 Å². The maximum atomic E-state index is 15.3. The maximum Gasteiger partial charge on any atom is 0.435 e. The second kappa shape index (κ2) is 20.8. The van der Waals surface area contributed by atoms with Crippen LogP contribution in [0.25, 0.3) is 22.0 Å². The zero-order chi connectivity index (χ0) is 57.0. The number of sulfone groups is 1. The predicted molar refractivity (Wildman–Crippen MR) is 246 cm³/mol. The molecule has 5 aromatic rings. The summed E-state index contributed by atoms with van der Waals surface area (Å²) in [4.78, 5) is 55.3. The third kappa shape index (κ3) is 13.0. The first kappa shape index (κ1) is 58.2. The molecular formula is C44H39ClF10N8O11S2. The molecule has 19 nitrogen and oxygen atoms in total. The van der Waals surface area contributed by atoms with Gasteiger partial charge in [-0.2, -0.15) is 49.6 Å². The third-order valence-electron chi connectivity index (χ3n) is 11.3. The van der Waals surface area contributed by atoms with Gasteiger partial charge in [0.15, 0.2) is 21.3 Å². The molecule has 1 aliphatic rings. The fourth-order valence-corrected chi connectivity index (χ4v) is 9.16. The van der Waals surface area contributed by atoms with Gasteiger partial charge in [0.2, 0.25) is 15.9 Å². The number of nitrogens with two attached hydrogens (primary N) is 1. The van der Waals surface area contributed by atoms with E-state index in [9.17, 15) is 81.4 Å². The van der Waals surface area contributed by atoms with Crippen LogP contribution in [0.1, 0.15) is 79.1 Å². The first-order valence-electron chi connectivity index (χ1n) is 21.5. The summed E-state index contributed by atoms with van der Waals surface area (Å²) in [5.41, 5.74) is -1.77. The average molecular weight is 1150 g/mol. The highest BCUT2D eigenvalue weighted by Gasteiger charge is 2.54. The summed E-state index contributed by atoms with van der Waals surface area (Å²) in [5.74, 6) is -7.70. The second-order valence-corrected chi connectivity index (χ2v) is 22.5. The quantitative estimate of drug-likeness (QED) is 0.0584. The molecule has 3 heterocycles. The van der Waals surface area contributed by atoms with Crippen LogP contribution >= 0.6 is 11.6 Å². The number of sulfonamides is 1. The van der Waals surface area contributed by atoms with E-state index in [1.54, 1.807) is 0 Å². The van der Waals surface area contributed by atoms with Gasteiger partial charge in [0.25, 0.3) is 5.92 Å². The lowest BCUT2D eigenvalue weighted by Crippen LogP contribution is -2.40. The van der Waals surface area contributed by atoms with Gasteiger partial charge in [0.1, 0.15) is 47.0 Å². The molecular weight excluding hydrogens is 1110 g/mol. The van der Waals surface area contributed by atoms with E-state index in [1.165, 1.54) is 13.8 Å². The molecule has 0 unspecified atom stereocenters. The first-order valence-corrected chi connectivity index (χ1v) is 25.6. The Labute approximate surface area is 427 Å². The molecule has 2 amide bonds. The van der Waals surface area contributed by atoms with E-state index in [2.05, 4.69) is 32.3 Å². The second-order valence-electron chi connectivity index (χ2n) is 17.7. The number of halogens is 11. The van der Waals surface area contributed by atoms with Crippen LogP contribution in [0.5, 0.6) is 0 Å². The van der Waals surface area contributed by atoms with Crippen molar-refractivity contribution in [1.29, 1.82) is 0 Å². The van der Waals surface area contributed by atoms with Crippen LogP contribution in [0, 0.1) is 23.5 Å². The number of carbonyl (C=O) groups excluding carboxylic acids is 2.